The Balaban J connectivity index is 1.11. The Morgan fingerprint density at radius 2 is 0.942 bits per heavy atom. The standard InChI is InChI=1S/C48H27N3S/c1-2-10-30(11-3-1)45-49-46(51-47(50-45)32-23-25-36-35-15-5-7-19-41(35)52-42(36)27-32)31-22-24-34-33-14-4-6-16-37(33)48(40(34)26-31)38-17-8-12-28-20-21-29-13-9-18-39(48)44(29)43(28)38/h1-27H. The number of hydrogen-bond acceptors (Lipinski definition) is 4. The summed E-state index contributed by atoms with van der Waals surface area (Å²) in [5.41, 5.74) is 10.3. The SMILES string of the molecule is c1ccc(-c2nc(-c3ccc4c(c3)C3(c5ccccc5-4)c4cccc5ccc6cccc3c6c45)nc(-c3ccc4c(c3)sc3ccccc34)n2)cc1. The highest BCUT2D eigenvalue weighted by Crippen LogP contribution is 2.62. The molecule has 2 heterocycles. The smallest absolute Gasteiger partial charge is 0.164 e. The van der Waals surface area contributed by atoms with E-state index < -0.39 is 5.41 Å². The van der Waals surface area contributed by atoms with Crippen molar-refractivity contribution in [2.24, 2.45) is 0 Å². The van der Waals surface area contributed by atoms with Gasteiger partial charge in [0.05, 0.1) is 5.41 Å². The molecule has 0 saturated carbocycles. The first-order valence-electron chi connectivity index (χ1n) is 17.7. The van der Waals surface area contributed by atoms with Gasteiger partial charge in [-0.2, -0.15) is 0 Å². The van der Waals surface area contributed by atoms with E-state index in [1.165, 1.54) is 75.1 Å². The van der Waals surface area contributed by atoms with Gasteiger partial charge in [-0.1, -0.05) is 146 Å². The van der Waals surface area contributed by atoms with Gasteiger partial charge in [0.1, 0.15) is 0 Å². The maximum absolute atomic E-state index is 5.25. The van der Waals surface area contributed by atoms with E-state index in [1.807, 2.05) is 29.5 Å². The largest absolute Gasteiger partial charge is 0.208 e. The normalized spacial score (nSPS) is 13.5. The van der Waals surface area contributed by atoms with E-state index in [9.17, 15) is 0 Å². The maximum atomic E-state index is 5.25. The van der Waals surface area contributed by atoms with Crippen molar-refractivity contribution in [2.45, 2.75) is 5.41 Å². The first-order chi connectivity index (χ1) is 25.8. The lowest BCUT2D eigenvalue weighted by molar-refractivity contribution is 0.797. The van der Waals surface area contributed by atoms with Gasteiger partial charge in [-0.3, -0.25) is 0 Å². The Morgan fingerprint density at radius 3 is 1.71 bits per heavy atom. The summed E-state index contributed by atoms with van der Waals surface area (Å²) in [5.74, 6) is 2.00. The molecule has 0 N–H and O–H groups in total. The summed E-state index contributed by atoms with van der Waals surface area (Å²) in [6, 6.07) is 59.5. The highest BCUT2D eigenvalue weighted by Gasteiger charge is 2.50. The third-order valence-electron chi connectivity index (χ3n) is 11.3. The van der Waals surface area contributed by atoms with Crippen LogP contribution in [0.3, 0.4) is 0 Å². The van der Waals surface area contributed by atoms with Crippen molar-refractivity contribution in [3.63, 3.8) is 0 Å². The van der Waals surface area contributed by atoms with E-state index in [-0.39, 0.29) is 0 Å². The second-order valence-electron chi connectivity index (χ2n) is 13.9. The molecule has 0 unspecified atom stereocenters. The van der Waals surface area contributed by atoms with Gasteiger partial charge in [0.25, 0.3) is 0 Å². The van der Waals surface area contributed by atoms with Crippen molar-refractivity contribution in [1.82, 2.24) is 15.0 Å². The van der Waals surface area contributed by atoms with Crippen LogP contribution in [0, 0.1) is 0 Å². The number of thiophene rings is 1. The maximum Gasteiger partial charge on any atom is 0.164 e. The van der Waals surface area contributed by atoms with E-state index in [2.05, 4.69) is 146 Å². The summed E-state index contributed by atoms with van der Waals surface area (Å²) in [6.45, 7) is 0. The van der Waals surface area contributed by atoms with E-state index in [4.69, 9.17) is 15.0 Å². The fourth-order valence-electron chi connectivity index (χ4n) is 9.14. The molecule has 0 radical (unpaired) electrons. The molecule has 2 aliphatic rings. The van der Waals surface area contributed by atoms with Crippen molar-refractivity contribution >= 4 is 53.1 Å². The van der Waals surface area contributed by atoms with Crippen molar-refractivity contribution in [3.05, 3.63) is 186 Å². The molecular formula is C48H27N3S. The van der Waals surface area contributed by atoms with Crippen LogP contribution < -0.4 is 0 Å². The first kappa shape index (κ1) is 28.2. The van der Waals surface area contributed by atoms with Gasteiger partial charge in [-0.05, 0) is 73.1 Å². The molecule has 0 bridgehead atoms. The number of aromatic nitrogens is 3. The lowest BCUT2D eigenvalue weighted by Crippen LogP contribution is -2.26. The molecular weight excluding hydrogens is 651 g/mol. The second-order valence-corrected chi connectivity index (χ2v) is 15.0. The molecule has 2 aliphatic carbocycles. The van der Waals surface area contributed by atoms with Crippen molar-refractivity contribution in [2.75, 3.05) is 0 Å². The van der Waals surface area contributed by atoms with Crippen LogP contribution in [0.4, 0.5) is 0 Å². The number of rotatable bonds is 3. The lowest BCUT2D eigenvalue weighted by atomic mass is 9.70. The van der Waals surface area contributed by atoms with Crippen LogP contribution in [-0.4, -0.2) is 15.0 Å². The molecule has 0 fully saturated rings. The monoisotopic (exact) mass is 677 g/mol. The molecule has 8 aromatic carbocycles. The molecule has 12 rings (SSSR count). The summed E-state index contributed by atoms with van der Waals surface area (Å²) in [7, 11) is 0. The molecule has 4 heteroatoms. The van der Waals surface area contributed by atoms with Crippen LogP contribution in [0.15, 0.2) is 164 Å². The second kappa shape index (κ2) is 10.3. The Kier molecular flexibility index (Phi) is 5.58. The van der Waals surface area contributed by atoms with E-state index in [0.29, 0.717) is 17.5 Å². The highest BCUT2D eigenvalue weighted by atomic mass is 32.1. The van der Waals surface area contributed by atoms with E-state index in [0.717, 1.165) is 16.7 Å². The quantitative estimate of drug-likeness (QED) is 0.175. The van der Waals surface area contributed by atoms with Crippen molar-refractivity contribution < 1.29 is 0 Å². The Hall–Kier alpha value is -6.49. The van der Waals surface area contributed by atoms with Crippen LogP contribution in [0.1, 0.15) is 22.3 Å². The first-order valence-corrected chi connectivity index (χ1v) is 18.5. The topological polar surface area (TPSA) is 38.7 Å². The van der Waals surface area contributed by atoms with E-state index >= 15 is 0 Å². The van der Waals surface area contributed by atoms with Crippen LogP contribution >= 0.6 is 11.3 Å². The van der Waals surface area contributed by atoms with E-state index in [1.54, 1.807) is 0 Å². The van der Waals surface area contributed by atoms with Gasteiger partial charge in [0.2, 0.25) is 0 Å². The van der Waals surface area contributed by atoms with Gasteiger partial charge >= 0.3 is 0 Å². The molecule has 10 aromatic rings. The number of hydrogen-bond donors (Lipinski definition) is 0. The average molecular weight is 678 g/mol. The predicted octanol–water partition coefficient (Wildman–Crippen LogP) is 12.2. The zero-order valence-electron chi connectivity index (χ0n) is 27.8. The minimum absolute atomic E-state index is 0.449. The zero-order chi connectivity index (χ0) is 34.0. The van der Waals surface area contributed by atoms with Gasteiger partial charge in [-0.25, -0.2) is 15.0 Å². The Labute approximate surface area is 303 Å². The molecule has 52 heavy (non-hydrogen) atoms. The molecule has 240 valence electrons. The third kappa shape index (κ3) is 3.66. The molecule has 2 aromatic heterocycles. The minimum atomic E-state index is -0.449. The molecule has 0 amide bonds. The summed E-state index contributed by atoms with van der Waals surface area (Å²) in [6.07, 6.45) is 0. The molecule has 0 aliphatic heterocycles. The van der Waals surface area contributed by atoms with Crippen LogP contribution in [-0.2, 0) is 5.41 Å². The van der Waals surface area contributed by atoms with Crippen LogP contribution in [0.2, 0.25) is 0 Å². The fourth-order valence-corrected chi connectivity index (χ4v) is 10.3. The third-order valence-corrected chi connectivity index (χ3v) is 12.4. The van der Waals surface area contributed by atoms with Crippen LogP contribution in [0.25, 0.3) is 87.0 Å². The number of nitrogens with zero attached hydrogens (tertiary/aromatic N) is 3. The Morgan fingerprint density at radius 1 is 0.365 bits per heavy atom. The van der Waals surface area contributed by atoms with Gasteiger partial charge < -0.3 is 0 Å². The molecule has 1 spiro atoms. The summed E-state index contributed by atoms with van der Waals surface area (Å²) in [5, 5.41) is 7.81. The van der Waals surface area contributed by atoms with Crippen molar-refractivity contribution in [1.29, 1.82) is 0 Å². The highest BCUT2D eigenvalue weighted by molar-refractivity contribution is 7.25. The number of fused-ring (bicyclic) bond motifs is 10. The molecule has 0 saturated heterocycles. The summed E-state index contributed by atoms with van der Waals surface area (Å²) in [4.78, 5) is 15.5. The lowest BCUT2D eigenvalue weighted by Gasteiger charge is -2.31. The fraction of sp³-hybridized carbons (Fsp3) is 0.0208. The van der Waals surface area contributed by atoms with Crippen molar-refractivity contribution in [3.8, 4) is 45.3 Å². The zero-order valence-corrected chi connectivity index (χ0v) is 28.7. The Bertz CT molecular complexity index is 3080. The predicted molar refractivity (Wildman–Crippen MR) is 215 cm³/mol. The average Bonchev–Trinajstić information content (AvgIpc) is 3.84. The molecule has 3 nitrogen and oxygen atoms in total. The van der Waals surface area contributed by atoms with Gasteiger partial charge in [0, 0.05) is 36.9 Å². The van der Waals surface area contributed by atoms with Gasteiger partial charge in [-0.15, -0.1) is 11.3 Å². The molecule has 0 atom stereocenters. The summed E-state index contributed by atoms with van der Waals surface area (Å²) < 4.78 is 2.51. The van der Waals surface area contributed by atoms with Crippen LogP contribution in [0.5, 0.6) is 0 Å². The minimum Gasteiger partial charge on any atom is -0.208 e. The number of benzene rings is 8. The van der Waals surface area contributed by atoms with Gasteiger partial charge in [0.15, 0.2) is 17.5 Å². The summed E-state index contributed by atoms with van der Waals surface area (Å²) >= 11 is 1.81.